The van der Waals surface area contributed by atoms with Gasteiger partial charge in [-0.3, -0.25) is 9.59 Å². The van der Waals surface area contributed by atoms with Gasteiger partial charge >= 0.3 is 0 Å². The maximum atomic E-state index is 12.0. The third-order valence-electron chi connectivity index (χ3n) is 4.80. The van der Waals surface area contributed by atoms with E-state index in [2.05, 4.69) is 36.3 Å². The van der Waals surface area contributed by atoms with Gasteiger partial charge in [0, 0.05) is 30.3 Å². The molecule has 2 N–H and O–H groups in total. The highest BCUT2D eigenvalue weighted by Crippen LogP contribution is 2.25. The van der Waals surface area contributed by atoms with Gasteiger partial charge in [-0.2, -0.15) is 0 Å². The van der Waals surface area contributed by atoms with E-state index in [4.69, 9.17) is 16.3 Å². The van der Waals surface area contributed by atoms with Crippen LogP contribution in [0.15, 0.2) is 47.3 Å². The van der Waals surface area contributed by atoms with Crippen molar-refractivity contribution in [1.29, 1.82) is 0 Å². The zero-order valence-electron chi connectivity index (χ0n) is 16.8. The van der Waals surface area contributed by atoms with Gasteiger partial charge in [0.15, 0.2) is 0 Å². The lowest BCUT2D eigenvalue weighted by Crippen LogP contribution is -2.23. The predicted molar refractivity (Wildman–Crippen MR) is 116 cm³/mol. The number of pyridine rings is 1. The Morgan fingerprint density at radius 2 is 1.97 bits per heavy atom. The van der Waals surface area contributed by atoms with Crippen LogP contribution in [0, 0.1) is 5.92 Å². The van der Waals surface area contributed by atoms with Gasteiger partial charge in [0.1, 0.15) is 5.02 Å². The van der Waals surface area contributed by atoms with Crippen molar-refractivity contribution < 1.29 is 9.53 Å². The molecule has 1 saturated heterocycles. The van der Waals surface area contributed by atoms with E-state index in [1.807, 2.05) is 18.2 Å². The summed E-state index contributed by atoms with van der Waals surface area (Å²) in [6.07, 6.45) is 4.11. The quantitative estimate of drug-likeness (QED) is 0.642. The molecule has 1 aromatic heterocycles. The lowest BCUT2D eigenvalue weighted by atomic mass is 9.97. The van der Waals surface area contributed by atoms with Crippen LogP contribution in [0.3, 0.4) is 0 Å². The summed E-state index contributed by atoms with van der Waals surface area (Å²) in [6.45, 7) is 5.73. The van der Waals surface area contributed by atoms with Crippen molar-refractivity contribution in [3.8, 4) is 0 Å². The van der Waals surface area contributed by atoms with Crippen molar-refractivity contribution in [2.45, 2.75) is 39.2 Å². The Morgan fingerprint density at radius 3 is 2.59 bits per heavy atom. The summed E-state index contributed by atoms with van der Waals surface area (Å²) < 4.78 is 5.67. The number of hydrogen-bond donors (Lipinski definition) is 2. The van der Waals surface area contributed by atoms with Crippen LogP contribution in [0.2, 0.25) is 5.02 Å². The summed E-state index contributed by atoms with van der Waals surface area (Å²) in [5.41, 5.74) is 3.37. The van der Waals surface area contributed by atoms with Gasteiger partial charge in [-0.05, 0) is 42.0 Å². The first-order chi connectivity index (χ1) is 13.9. The monoisotopic (exact) mass is 414 g/mol. The molecule has 1 amide bonds. The number of H-pyrrole nitrogens is 1. The molecule has 1 fully saturated rings. The highest BCUT2D eigenvalue weighted by atomic mass is 35.5. The number of hydrogen-bond acceptors (Lipinski definition) is 3. The average molecular weight is 415 g/mol. The fraction of sp³-hybridized carbons (Fsp3) is 0.391. The molecule has 2 aromatic rings. The van der Waals surface area contributed by atoms with Crippen molar-refractivity contribution in [2.24, 2.45) is 5.92 Å². The molecular formula is C23H27ClN2O3. The van der Waals surface area contributed by atoms with Gasteiger partial charge in [-0.25, -0.2) is 0 Å². The Morgan fingerprint density at radius 1 is 1.21 bits per heavy atom. The molecule has 0 aliphatic carbocycles. The highest BCUT2D eigenvalue weighted by Gasteiger charge is 2.20. The summed E-state index contributed by atoms with van der Waals surface area (Å²) in [4.78, 5) is 26.4. The minimum Gasteiger partial charge on any atom is -0.381 e. The van der Waals surface area contributed by atoms with Crippen LogP contribution < -0.4 is 10.9 Å². The van der Waals surface area contributed by atoms with E-state index in [-0.39, 0.29) is 22.5 Å². The third-order valence-corrected chi connectivity index (χ3v) is 5.10. The summed E-state index contributed by atoms with van der Waals surface area (Å²) in [5.74, 6) is 0.578. The van der Waals surface area contributed by atoms with Crippen LogP contribution >= 0.6 is 11.6 Å². The molecule has 1 aromatic carbocycles. The maximum Gasteiger partial charge on any atom is 0.267 e. The Hall–Kier alpha value is -2.37. The van der Waals surface area contributed by atoms with Crippen molar-refractivity contribution >= 4 is 23.1 Å². The molecule has 1 aliphatic rings. The minimum absolute atomic E-state index is 0.0481. The molecule has 0 saturated carbocycles. The summed E-state index contributed by atoms with van der Waals surface area (Å²) in [7, 11) is 0. The average Bonchev–Trinajstić information content (AvgIpc) is 3.11. The number of nitrogens with one attached hydrogen (secondary N) is 2. The van der Waals surface area contributed by atoms with E-state index < -0.39 is 0 Å². The van der Waals surface area contributed by atoms with Crippen LogP contribution in [0.4, 0.5) is 0 Å². The number of aromatic nitrogens is 1. The number of halogens is 1. The van der Waals surface area contributed by atoms with Crippen molar-refractivity contribution in [1.82, 2.24) is 10.3 Å². The van der Waals surface area contributed by atoms with Gasteiger partial charge in [-0.15, -0.1) is 0 Å². The molecule has 5 nitrogen and oxygen atoms in total. The molecular weight excluding hydrogens is 388 g/mol. The topological polar surface area (TPSA) is 71.2 Å². The highest BCUT2D eigenvalue weighted by molar-refractivity contribution is 6.30. The summed E-state index contributed by atoms with van der Waals surface area (Å²) >= 11 is 5.89. The predicted octanol–water partition coefficient (Wildman–Crippen LogP) is 3.95. The number of carbonyl (C=O) groups is 1. The van der Waals surface area contributed by atoms with E-state index in [1.54, 1.807) is 12.1 Å². The van der Waals surface area contributed by atoms with E-state index in [0.29, 0.717) is 24.6 Å². The molecule has 0 unspecified atom stereocenters. The minimum atomic E-state index is -0.329. The van der Waals surface area contributed by atoms with Gasteiger partial charge < -0.3 is 15.0 Å². The largest absolute Gasteiger partial charge is 0.381 e. The number of rotatable bonds is 8. The lowest BCUT2D eigenvalue weighted by molar-refractivity contribution is -0.119. The van der Waals surface area contributed by atoms with Crippen LogP contribution in [0.25, 0.3) is 5.57 Å². The summed E-state index contributed by atoms with van der Waals surface area (Å²) in [6, 6.07) is 11.5. The van der Waals surface area contributed by atoms with Gasteiger partial charge in [0.2, 0.25) is 5.91 Å². The number of aromatic amines is 1. The molecule has 0 bridgehead atoms. The number of benzene rings is 1. The van der Waals surface area contributed by atoms with Crippen LogP contribution in [-0.2, 0) is 16.0 Å². The molecule has 1 atom stereocenters. The molecule has 0 radical (unpaired) electrons. The Kier molecular flexibility index (Phi) is 7.29. The molecule has 3 rings (SSSR count). The molecule has 2 heterocycles. The fourth-order valence-electron chi connectivity index (χ4n) is 3.28. The third kappa shape index (κ3) is 6.05. The Labute approximate surface area is 176 Å². The maximum absolute atomic E-state index is 12.0. The van der Waals surface area contributed by atoms with Crippen molar-refractivity contribution in [3.05, 3.63) is 74.7 Å². The van der Waals surface area contributed by atoms with E-state index in [9.17, 15) is 9.59 Å². The standard InChI is InChI=1S/C23H27ClN2O3/c1-15(2)14-29-12-11-16-3-5-17(6-4-16)19(13-18-7-10-22(27)25-18)21-9-8-20(24)23(28)26-21/h3-6,8-9,13,15,18H,7,10-12,14H2,1-2H3,(H,25,27)(H,26,28)/b19-13+/t18-/m1/s1. The first kappa shape index (κ1) is 21.3. The molecule has 6 heteroatoms. The van der Waals surface area contributed by atoms with Crippen LogP contribution in [0.1, 0.15) is 43.5 Å². The number of amides is 1. The van der Waals surface area contributed by atoms with Crippen molar-refractivity contribution in [3.63, 3.8) is 0 Å². The molecule has 154 valence electrons. The lowest BCUT2D eigenvalue weighted by Gasteiger charge is -2.13. The second-order valence-electron chi connectivity index (χ2n) is 7.76. The first-order valence-corrected chi connectivity index (χ1v) is 10.4. The van der Waals surface area contributed by atoms with E-state index in [1.165, 1.54) is 5.56 Å². The Bertz CT molecular complexity index is 932. The first-order valence-electron chi connectivity index (χ1n) is 10.00. The van der Waals surface area contributed by atoms with Crippen LogP contribution in [-0.4, -0.2) is 30.1 Å². The zero-order chi connectivity index (χ0) is 20.8. The second-order valence-corrected chi connectivity index (χ2v) is 8.16. The Balaban J connectivity index is 1.82. The smallest absolute Gasteiger partial charge is 0.267 e. The SMILES string of the molecule is CC(C)COCCc1ccc(/C(=C\[C@H]2CCC(=O)N2)c2ccc(Cl)c(=O)[nH]2)cc1. The molecule has 29 heavy (non-hydrogen) atoms. The fourth-order valence-corrected chi connectivity index (χ4v) is 3.39. The molecule has 0 spiro atoms. The van der Waals surface area contributed by atoms with Gasteiger partial charge in [0.25, 0.3) is 5.56 Å². The van der Waals surface area contributed by atoms with Gasteiger partial charge in [0.05, 0.1) is 6.61 Å². The van der Waals surface area contributed by atoms with E-state index in [0.717, 1.165) is 30.6 Å². The summed E-state index contributed by atoms with van der Waals surface area (Å²) in [5, 5.41) is 3.11. The second kappa shape index (κ2) is 9.90. The van der Waals surface area contributed by atoms with E-state index >= 15 is 0 Å². The number of carbonyl (C=O) groups excluding carboxylic acids is 1. The zero-order valence-corrected chi connectivity index (χ0v) is 17.6. The molecule has 1 aliphatic heterocycles. The van der Waals surface area contributed by atoms with Gasteiger partial charge in [-0.1, -0.05) is 55.8 Å². The number of ether oxygens (including phenoxy) is 1. The van der Waals surface area contributed by atoms with Crippen molar-refractivity contribution in [2.75, 3.05) is 13.2 Å². The normalized spacial score (nSPS) is 17.0. The van der Waals surface area contributed by atoms with Crippen LogP contribution in [0.5, 0.6) is 0 Å².